The van der Waals surface area contributed by atoms with Crippen molar-refractivity contribution in [3.8, 4) is 0 Å². The van der Waals surface area contributed by atoms with Crippen molar-refractivity contribution in [3.05, 3.63) is 0 Å². The summed E-state index contributed by atoms with van der Waals surface area (Å²) in [6.07, 6.45) is 5.67. The lowest BCUT2D eigenvalue weighted by molar-refractivity contribution is -0.208. The summed E-state index contributed by atoms with van der Waals surface area (Å²) in [6, 6.07) is 0. The second-order valence-corrected chi connectivity index (χ2v) is 13.4. The minimum atomic E-state index is -3.27. The van der Waals surface area contributed by atoms with E-state index < -0.39 is 57.0 Å². The van der Waals surface area contributed by atoms with Crippen molar-refractivity contribution in [2.45, 2.75) is 88.2 Å². The third kappa shape index (κ3) is 5.05. The number of hydrogen-bond donors (Lipinski definition) is 0. The Kier molecular flexibility index (Phi) is 9.48. The molecule has 5 atom stereocenters. The summed E-state index contributed by atoms with van der Waals surface area (Å²) in [6.45, 7) is 5.44. The van der Waals surface area contributed by atoms with E-state index in [-0.39, 0.29) is 47.1 Å². The smallest absolute Gasteiger partial charge is 0.318 e. The van der Waals surface area contributed by atoms with E-state index in [0.29, 0.717) is 11.8 Å². The standard InChI is InChI=1S/C23H32O7S.4CH4/c1-11-9-31(27,28)10-17(11)19-18(21(25)29-22(19)26)12(2)20(24)30-23(3)15-5-13-4-14(7-15)8-16(23)6-13;;;;/h11-19H,4-10H2,1-3H3;4*1H4. The normalized spacial score (nSPS) is 43.1. The van der Waals surface area contributed by atoms with E-state index in [9.17, 15) is 22.8 Å². The topological polar surface area (TPSA) is 104 Å². The van der Waals surface area contributed by atoms with E-state index in [1.807, 2.05) is 6.92 Å². The number of esters is 3. The first-order valence-corrected chi connectivity index (χ1v) is 13.5. The molecule has 6 aliphatic rings. The molecule has 6 rings (SSSR count). The van der Waals surface area contributed by atoms with Crippen LogP contribution in [0.3, 0.4) is 0 Å². The molecule has 4 bridgehead atoms. The van der Waals surface area contributed by atoms with Crippen molar-refractivity contribution in [2.24, 2.45) is 53.3 Å². The van der Waals surface area contributed by atoms with Crippen LogP contribution in [0.2, 0.25) is 0 Å². The van der Waals surface area contributed by atoms with Crippen LogP contribution in [0.25, 0.3) is 0 Å². The molecule has 0 radical (unpaired) electrons. The van der Waals surface area contributed by atoms with Crippen molar-refractivity contribution < 1.29 is 32.3 Å². The number of sulfone groups is 1. The fourth-order valence-electron chi connectivity index (χ4n) is 7.73. The van der Waals surface area contributed by atoms with Gasteiger partial charge < -0.3 is 9.47 Å². The third-order valence-electron chi connectivity index (χ3n) is 9.28. The monoisotopic (exact) mass is 516 g/mol. The first kappa shape index (κ1) is 31.6. The van der Waals surface area contributed by atoms with Gasteiger partial charge >= 0.3 is 17.9 Å². The maximum Gasteiger partial charge on any atom is 0.318 e. The Hall–Kier alpha value is -1.44. The van der Waals surface area contributed by atoms with Crippen LogP contribution in [0.1, 0.15) is 82.6 Å². The van der Waals surface area contributed by atoms with Gasteiger partial charge in [-0.15, -0.1) is 0 Å². The molecule has 204 valence electrons. The second kappa shape index (κ2) is 10.5. The van der Waals surface area contributed by atoms with Crippen LogP contribution >= 0.6 is 0 Å². The van der Waals surface area contributed by atoms with E-state index in [1.54, 1.807) is 13.8 Å². The molecule has 0 aromatic carbocycles. The van der Waals surface area contributed by atoms with E-state index in [4.69, 9.17) is 9.47 Å². The Morgan fingerprint density at radius 1 is 0.943 bits per heavy atom. The zero-order valence-electron chi connectivity index (χ0n) is 18.4. The zero-order chi connectivity index (χ0) is 22.3. The van der Waals surface area contributed by atoms with Gasteiger partial charge in [0.2, 0.25) is 0 Å². The largest absolute Gasteiger partial charge is 0.459 e. The van der Waals surface area contributed by atoms with Crippen LogP contribution in [0, 0.1) is 53.3 Å². The fourth-order valence-corrected chi connectivity index (χ4v) is 10.0. The summed E-state index contributed by atoms with van der Waals surface area (Å²) in [7, 11) is -3.27. The van der Waals surface area contributed by atoms with Gasteiger partial charge in [0.15, 0.2) is 9.84 Å². The second-order valence-electron chi connectivity index (χ2n) is 11.2. The maximum atomic E-state index is 13.3. The van der Waals surface area contributed by atoms with Crippen LogP contribution < -0.4 is 0 Å². The molecule has 7 nitrogen and oxygen atoms in total. The van der Waals surface area contributed by atoms with Gasteiger partial charge in [-0.1, -0.05) is 43.6 Å². The highest BCUT2D eigenvalue weighted by Crippen LogP contribution is 2.59. The predicted molar refractivity (Wildman–Crippen MR) is 137 cm³/mol. The molecule has 5 unspecified atom stereocenters. The van der Waals surface area contributed by atoms with Crippen LogP contribution in [-0.2, 0) is 33.7 Å². The van der Waals surface area contributed by atoms with Gasteiger partial charge in [0.25, 0.3) is 0 Å². The average Bonchev–Trinajstić information content (AvgIpc) is 3.11. The SMILES string of the molecule is C.C.C.C.CC1CS(=O)(=O)CC1C1C(=O)OC(=O)C1C(C)C(=O)OC1(C)C2CC3CC(C2)CC1C3. The van der Waals surface area contributed by atoms with Crippen molar-refractivity contribution in [1.82, 2.24) is 0 Å². The summed E-state index contributed by atoms with van der Waals surface area (Å²) in [4.78, 5) is 38.4. The van der Waals surface area contributed by atoms with Gasteiger partial charge in [-0.25, -0.2) is 8.42 Å². The van der Waals surface area contributed by atoms with Gasteiger partial charge in [0, 0.05) is 0 Å². The number of rotatable bonds is 4. The number of carbonyl (C=O) groups excluding carboxylic acids is 3. The number of cyclic esters (lactones) is 2. The minimum Gasteiger partial charge on any atom is -0.459 e. The number of ether oxygens (including phenoxy) is 2. The Labute approximate surface area is 213 Å². The molecule has 6 fully saturated rings. The molecule has 4 aliphatic carbocycles. The van der Waals surface area contributed by atoms with Gasteiger partial charge in [0.05, 0.1) is 29.3 Å². The molecule has 2 heterocycles. The van der Waals surface area contributed by atoms with Gasteiger partial charge in [-0.2, -0.15) is 0 Å². The third-order valence-corrected chi connectivity index (χ3v) is 11.2. The van der Waals surface area contributed by atoms with E-state index in [2.05, 4.69) is 0 Å². The maximum absolute atomic E-state index is 13.3. The molecule has 0 amide bonds. The fraction of sp³-hybridized carbons (Fsp3) is 0.889. The molecule has 2 saturated heterocycles. The van der Waals surface area contributed by atoms with Crippen LogP contribution in [-0.4, -0.2) is 43.4 Å². The van der Waals surface area contributed by atoms with Gasteiger partial charge in [-0.3, -0.25) is 14.4 Å². The lowest BCUT2D eigenvalue weighted by Gasteiger charge is -2.59. The summed E-state index contributed by atoms with van der Waals surface area (Å²) in [5.74, 6) is -3.39. The van der Waals surface area contributed by atoms with Gasteiger partial charge in [-0.05, 0) is 74.5 Å². The summed E-state index contributed by atoms with van der Waals surface area (Å²) in [5.41, 5.74) is -0.523. The van der Waals surface area contributed by atoms with E-state index in [0.717, 1.165) is 37.5 Å². The summed E-state index contributed by atoms with van der Waals surface area (Å²) >= 11 is 0. The number of hydrogen-bond acceptors (Lipinski definition) is 7. The first-order valence-electron chi connectivity index (χ1n) is 11.7. The van der Waals surface area contributed by atoms with Crippen molar-refractivity contribution >= 4 is 27.7 Å². The Balaban J connectivity index is 0.00000153. The molecule has 0 aromatic rings. The number of carbonyl (C=O) groups is 3. The molecule has 35 heavy (non-hydrogen) atoms. The first-order chi connectivity index (χ1) is 14.5. The predicted octanol–water partition coefficient (Wildman–Crippen LogP) is 4.92. The Morgan fingerprint density at radius 2 is 1.46 bits per heavy atom. The van der Waals surface area contributed by atoms with Crippen LogP contribution in [0.5, 0.6) is 0 Å². The minimum absolute atomic E-state index is 0. The highest BCUT2D eigenvalue weighted by atomic mass is 32.2. The quantitative estimate of drug-likeness (QED) is 0.386. The zero-order valence-corrected chi connectivity index (χ0v) is 19.2. The highest BCUT2D eigenvalue weighted by Gasteiger charge is 2.60. The molecular formula is C27H48O7S. The molecule has 4 saturated carbocycles. The lowest BCUT2D eigenvalue weighted by atomic mass is 9.50. The Morgan fingerprint density at radius 3 is 1.91 bits per heavy atom. The Bertz CT molecular complexity index is 896. The molecule has 0 spiro atoms. The van der Waals surface area contributed by atoms with Crippen molar-refractivity contribution in [1.29, 1.82) is 0 Å². The summed E-state index contributed by atoms with van der Waals surface area (Å²) in [5, 5.41) is 0. The molecule has 2 aliphatic heterocycles. The van der Waals surface area contributed by atoms with E-state index >= 15 is 0 Å². The van der Waals surface area contributed by atoms with Crippen LogP contribution in [0.15, 0.2) is 0 Å². The highest BCUT2D eigenvalue weighted by molar-refractivity contribution is 7.91. The van der Waals surface area contributed by atoms with Crippen molar-refractivity contribution in [3.63, 3.8) is 0 Å². The van der Waals surface area contributed by atoms with E-state index in [1.165, 1.54) is 6.42 Å². The lowest BCUT2D eigenvalue weighted by Crippen LogP contribution is -2.58. The van der Waals surface area contributed by atoms with Crippen LogP contribution in [0.4, 0.5) is 0 Å². The molecule has 0 aromatic heterocycles. The van der Waals surface area contributed by atoms with Gasteiger partial charge in [0.1, 0.15) is 5.60 Å². The molecular weight excluding hydrogens is 468 g/mol. The van der Waals surface area contributed by atoms with Crippen molar-refractivity contribution in [2.75, 3.05) is 11.5 Å². The summed E-state index contributed by atoms with van der Waals surface area (Å²) < 4.78 is 35.3. The average molecular weight is 517 g/mol. The molecule has 8 heteroatoms. The molecule has 0 N–H and O–H groups in total.